The number of piperazine rings is 1. The minimum Gasteiger partial charge on any atom is -0.369 e. The van der Waals surface area contributed by atoms with E-state index in [9.17, 15) is 4.79 Å². The molecule has 0 spiro atoms. The lowest BCUT2D eigenvalue weighted by Gasteiger charge is -2.36. The number of hydrogen-bond acceptors (Lipinski definition) is 4. The van der Waals surface area contributed by atoms with E-state index >= 15 is 0 Å². The van der Waals surface area contributed by atoms with Crippen LogP contribution in [0, 0.1) is 5.92 Å². The Morgan fingerprint density at radius 3 is 2.35 bits per heavy atom. The van der Waals surface area contributed by atoms with E-state index < -0.39 is 0 Å². The van der Waals surface area contributed by atoms with Crippen molar-refractivity contribution in [1.29, 1.82) is 0 Å². The maximum atomic E-state index is 12.3. The quantitative estimate of drug-likeness (QED) is 0.784. The number of rotatable bonds is 5. The van der Waals surface area contributed by atoms with Crippen LogP contribution >= 0.6 is 37.2 Å². The lowest BCUT2D eigenvalue weighted by atomic mass is 10.1. The first-order chi connectivity index (χ1) is 11.2. The van der Waals surface area contributed by atoms with Crippen molar-refractivity contribution in [3.8, 4) is 0 Å². The summed E-state index contributed by atoms with van der Waals surface area (Å²) >= 11 is 0. The number of carbonyl (C=O) groups is 1. The highest BCUT2D eigenvalue weighted by molar-refractivity contribution is 5.86. The second-order valence-corrected chi connectivity index (χ2v) is 6.61. The topological polar surface area (TPSA) is 38.8 Å². The van der Waals surface area contributed by atoms with Gasteiger partial charge in [0.1, 0.15) is 0 Å². The number of halogens is 3. The Morgan fingerprint density at radius 2 is 1.77 bits per heavy atom. The number of likely N-dealkylation sites (N-methyl/N-ethyl adjacent to an activating group) is 1. The fourth-order valence-electron chi connectivity index (χ4n) is 3.45. The molecule has 2 aliphatic heterocycles. The monoisotopic (exact) mass is 424 g/mol. The summed E-state index contributed by atoms with van der Waals surface area (Å²) in [4.78, 5) is 19.1. The number of hydrogen-bond donors (Lipinski definition) is 1. The van der Waals surface area contributed by atoms with Crippen molar-refractivity contribution in [3.05, 3.63) is 30.3 Å². The Hall–Kier alpha value is -0.720. The number of amides is 1. The standard InChI is InChI=1S/C18H28N4O.3ClH/c1-20(18(23)16-7-8-19-15-16)9-10-21-11-13-22(14-12-21)17-5-3-2-4-6-17;;;/h2-6,16,19H,7-15H2,1H3;3*1H. The average molecular weight is 426 g/mol. The minimum absolute atomic E-state index is 0. The maximum absolute atomic E-state index is 12.3. The zero-order chi connectivity index (χ0) is 16.1. The van der Waals surface area contributed by atoms with E-state index in [1.165, 1.54) is 5.69 Å². The van der Waals surface area contributed by atoms with E-state index in [1.807, 2.05) is 11.9 Å². The fraction of sp³-hybridized carbons (Fsp3) is 0.611. The molecule has 1 atom stereocenters. The molecule has 1 aromatic carbocycles. The van der Waals surface area contributed by atoms with E-state index in [-0.39, 0.29) is 43.1 Å². The Bertz CT molecular complexity index is 506. The van der Waals surface area contributed by atoms with E-state index in [1.54, 1.807) is 0 Å². The van der Waals surface area contributed by atoms with Crippen LogP contribution in [0.1, 0.15) is 6.42 Å². The lowest BCUT2D eigenvalue weighted by Crippen LogP contribution is -2.49. The van der Waals surface area contributed by atoms with Gasteiger partial charge in [-0.25, -0.2) is 0 Å². The first-order valence-electron chi connectivity index (χ1n) is 8.72. The molecule has 2 saturated heterocycles. The predicted molar refractivity (Wildman–Crippen MR) is 115 cm³/mol. The smallest absolute Gasteiger partial charge is 0.226 e. The van der Waals surface area contributed by atoms with E-state index in [0.717, 1.165) is 58.8 Å². The molecular formula is C18H31Cl3N4O. The first-order valence-corrected chi connectivity index (χ1v) is 8.72. The molecule has 150 valence electrons. The van der Waals surface area contributed by atoms with Crippen LogP contribution in [0.15, 0.2) is 30.3 Å². The third-order valence-electron chi connectivity index (χ3n) is 5.03. The zero-order valence-electron chi connectivity index (χ0n) is 15.3. The van der Waals surface area contributed by atoms with Crippen molar-refractivity contribution >= 4 is 48.8 Å². The molecule has 2 aliphatic rings. The van der Waals surface area contributed by atoms with Crippen LogP contribution < -0.4 is 10.2 Å². The maximum Gasteiger partial charge on any atom is 0.226 e. The number of anilines is 1. The van der Waals surface area contributed by atoms with Crippen molar-refractivity contribution in [2.24, 2.45) is 5.92 Å². The van der Waals surface area contributed by atoms with E-state index in [2.05, 4.69) is 45.4 Å². The molecule has 1 aromatic rings. The second-order valence-electron chi connectivity index (χ2n) is 6.61. The fourth-order valence-corrected chi connectivity index (χ4v) is 3.45. The summed E-state index contributed by atoms with van der Waals surface area (Å²) < 4.78 is 0. The third-order valence-corrected chi connectivity index (χ3v) is 5.03. The van der Waals surface area contributed by atoms with Crippen molar-refractivity contribution in [3.63, 3.8) is 0 Å². The van der Waals surface area contributed by atoms with E-state index in [0.29, 0.717) is 5.91 Å². The van der Waals surface area contributed by atoms with Crippen molar-refractivity contribution in [2.45, 2.75) is 6.42 Å². The Labute approximate surface area is 175 Å². The Balaban J connectivity index is 0.00000208. The lowest BCUT2D eigenvalue weighted by molar-refractivity contribution is -0.133. The number of benzene rings is 1. The van der Waals surface area contributed by atoms with Gasteiger partial charge >= 0.3 is 0 Å². The molecule has 1 unspecified atom stereocenters. The third kappa shape index (κ3) is 6.78. The zero-order valence-corrected chi connectivity index (χ0v) is 17.8. The number of nitrogens with one attached hydrogen (secondary N) is 1. The van der Waals surface area contributed by atoms with Gasteiger partial charge in [-0.15, -0.1) is 37.2 Å². The molecule has 0 radical (unpaired) electrons. The molecule has 3 rings (SSSR count). The number of nitrogens with zero attached hydrogens (tertiary/aromatic N) is 3. The van der Waals surface area contributed by atoms with Gasteiger partial charge in [0, 0.05) is 58.5 Å². The van der Waals surface area contributed by atoms with Gasteiger partial charge in [-0.2, -0.15) is 0 Å². The number of carbonyl (C=O) groups excluding carboxylic acids is 1. The summed E-state index contributed by atoms with van der Waals surface area (Å²) in [5.41, 5.74) is 1.31. The highest BCUT2D eigenvalue weighted by Crippen LogP contribution is 2.15. The van der Waals surface area contributed by atoms with Crippen LogP contribution in [-0.2, 0) is 4.79 Å². The van der Waals surface area contributed by atoms with Gasteiger partial charge in [0.15, 0.2) is 0 Å². The van der Waals surface area contributed by atoms with Crippen molar-refractivity contribution in [1.82, 2.24) is 15.1 Å². The summed E-state index contributed by atoms with van der Waals surface area (Å²) in [6.07, 6.45) is 0.985. The highest BCUT2D eigenvalue weighted by Gasteiger charge is 2.25. The molecule has 8 heteroatoms. The van der Waals surface area contributed by atoms with Crippen molar-refractivity contribution in [2.75, 3.05) is 64.3 Å². The van der Waals surface area contributed by atoms with Crippen molar-refractivity contribution < 1.29 is 4.79 Å². The van der Waals surface area contributed by atoms with Gasteiger partial charge in [-0.05, 0) is 25.1 Å². The molecule has 0 aromatic heterocycles. The van der Waals surface area contributed by atoms with Crippen LogP contribution in [0.2, 0.25) is 0 Å². The van der Waals surface area contributed by atoms with Gasteiger partial charge < -0.3 is 15.1 Å². The Kier molecular flexibility index (Phi) is 12.3. The summed E-state index contributed by atoms with van der Waals surface area (Å²) in [6.45, 7) is 7.91. The van der Waals surface area contributed by atoms with Gasteiger partial charge in [-0.3, -0.25) is 9.69 Å². The summed E-state index contributed by atoms with van der Waals surface area (Å²) in [6, 6.07) is 10.6. The molecule has 5 nitrogen and oxygen atoms in total. The van der Waals surface area contributed by atoms with Crippen LogP contribution in [0.4, 0.5) is 5.69 Å². The SMILES string of the molecule is CN(CCN1CCN(c2ccccc2)CC1)C(=O)C1CCNC1.Cl.Cl.Cl. The van der Waals surface area contributed by atoms with Crippen LogP contribution in [0.5, 0.6) is 0 Å². The molecule has 2 fully saturated rings. The van der Waals surface area contributed by atoms with E-state index in [4.69, 9.17) is 0 Å². The van der Waals surface area contributed by atoms with Gasteiger partial charge in [-0.1, -0.05) is 18.2 Å². The summed E-state index contributed by atoms with van der Waals surface area (Å²) in [7, 11) is 1.95. The normalized spacial score (nSPS) is 19.7. The van der Waals surface area contributed by atoms with Gasteiger partial charge in [0.25, 0.3) is 0 Å². The second kappa shape index (κ2) is 12.6. The average Bonchev–Trinajstić information content (AvgIpc) is 3.15. The summed E-state index contributed by atoms with van der Waals surface area (Å²) in [5, 5.41) is 3.27. The van der Waals surface area contributed by atoms with Gasteiger partial charge in [0.05, 0.1) is 5.92 Å². The molecule has 2 heterocycles. The molecule has 26 heavy (non-hydrogen) atoms. The minimum atomic E-state index is 0. The van der Waals surface area contributed by atoms with Crippen LogP contribution in [0.25, 0.3) is 0 Å². The summed E-state index contributed by atoms with van der Waals surface area (Å²) in [5.74, 6) is 0.493. The first kappa shape index (κ1) is 25.3. The highest BCUT2D eigenvalue weighted by atomic mass is 35.5. The molecule has 1 N–H and O–H groups in total. The predicted octanol–water partition coefficient (Wildman–Crippen LogP) is 2.14. The number of para-hydroxylation sites is 1. The van der Waals surface area contributed by atoms with Crippen LogP contribution in [-0.4, -0.2) is 75.1 Å². The van der Waals surface area contributed by atoms with Crippen LogP contribution in [0.3, 0.4) is 0 Å². The molecule has 0 aliphatic carbocycles. The molecule has 0 bridgehead atoms. The largest absolute Gasteiger partial charge is 0.369 e. The molecule has 1 amide bonds. The molecular weight excluding hydrogens is 395 g/mol. The van der Waals surface area contributed by atoms with Gasteiger partial charge in [0.2, 0.25) is 5.91 Å². The Morgan fingerprint density at radius 1 is 1.12 bits per heavy atom. The molecule has 0 saturated carbocycles.